The minimum Gasteiger partial charge on any atom is -0.325 e. The Balaban J connectivity index is 1.42. The maximum Gasteiger partial charge on any atom is 0.132 e. The van der Waals surface area contributed by atoms with Crippen molar-refractivity contribution in [2.24, 2.45) is 5.92 Å². The molecule has 2 N–H and O–H groups in total. The highest BCUT2D eigenvalue weighted by Crippen LogP contribution is 2.28. The van der Waals surface area contributed by atoms with Gasteiger partial charge in [0, 0.05) is 12.4 Å². The SMILES string of the molecule is Cc1ccnc(Nc2cccc(-c3cnc(CCC4CCNCC4)s3)n2)c1. The van der Waals surface area contributed by atoms with Gasteiger partial charge in [0.15, 0.2) is 0 Å². The van der Waals surface area contributed by atoms with Crippen molar-refractivity contribution in [1.29, 1.82) is 0 Å². The molecular weight excluding hydrogens is 354 g/mol. The Kier molecular flexibility index (Phi) is 5.75. The van der Waals surface area contributed by atoms with Gasteiger partial charge in [0.2, 0.25) is 0 Å². The summed E-state index contributed by atoms with van der Waals surface area (Å²) < 4.78 is 0. The zero-order valence-electron chi connectivity index (χ0n) is 15.6. The van der Waals surface area contributed by atoms with Crippen LogP contribution in [-0.4, -0.2) is 28.0 Å². The Hall–Kier alpha value is -2.31. The normalized spacial score (nSPS) is 15.0. The van der Waals surface area contributed by atoms with Crippen molar-refractivity contribution in [2.45, 2.75) is 32.6 Å². The lowest BCUT2D eigenvalue weighted by atomic mass is 9.93. The third-order valence-electron chi connectivity index (χ3n) is 4.95. The second-order valence-corrected chi connectivity index (χ2v) is 8.22. The van der Waals surface area contributed by atoms with Crippen molar-refractivity contribution >= 4 is 23.0 Å². The van der Waals surface area contributed by atoms with Crippen LogP contribution in [0.25, 0.3) is 10.6 Å². The number of rotatable bonds is 6. The molecule has 4 heterocycles. The monoisotopic (exact) mass is 379 g/mol. The quantitative estimate of drug-likeness (QED) is 0.656. The molecule has 0 atom stereocenters. The highest BCUT2D eigenvalue weighted by atomic mass is 32.1. The Morgan fingerprint density at radius 1 is 1.15 bits per heavy atom. The van der Waals surface area contributed by atoms with Gasteiger partial charge < -0.3 is 10.6 Å². The summed E-state index contributed by atoms with van der Waals surface area (Å²) in [7, 11) is 0. The molecule has 0 saturated carbocycles. The van der Waals surface area contributed by atoms with Crippen molar-refractivity contribution in [1.82, 2.24) is 20.3 Å². The minimum atomic E-state index is 0.801. The number of nitrogens with zero attached hydrogens (tertiary/aromatic N) is 3. The van der Waals surface area contributed by atoms with E-state index in [1.807, 2.05) is 36.5 Å². The zero-order chi connectivity index (χ0) is 18.5. The first-order chi connectivity index (χ1) is 13.3. The van der Waals surface area contributed by atoms with E-state index in [1.165, 1.54) is 29.8 Å². The predicted molar refractivity (Wildman–Crippen MR) is 112 cm³/mol. The Bertz CT molecular complexity index is 886. The average molecular weight is 380 g/mol. The van der Waals surface area contributed by atoms with E-state index in [4.69, 9.17) is 4.98 Å². The molecule has 4 rings (SSSR count). The molecule has 0 aliphatic carbocycles. The average Bonchev–Trinajstić information content (AvgIpc) is 3.17. The first-order valence-corrected chi connectivity index (χ1v) is 10.4. The summed E-state index contributed by atoms with van der Waals surface area (Å²) in [5.74, 6) is 2.45. The van der Waals surface area contributed by atoms with Crippen LogP contribution in [0.3, 0.4) is 0 Å². The van der Waals surface area contributed by atoms with Crippen LogP contribution in [0.1, 0.15) is 29.8 Å². The molecule has 0 amide bonds. The summed E-state index contributed by atoms with van der Waals surface area (Å²) in [5, 5.41) is 7.93. The molecule has 0 unspecified atom stereocenters. The number of nitrogens with one attached hydrogen (secondary N) is 2. The number of thiazole rings is 1. The van der Waals surface area contributed by atoms with Gasteiger partial charge in [-0.2, -0.15) is 0 Å². The number of hydrogen-bond acceptors (Lipinski definition) is 6. The minimum absolute atomic E-state index is 0.801. The second kappa shape index (κ2) is 8.59. The number of aryl methyl sites for hydroxylation is 2. The molecule has 1 aliphatic heterocycles. The summed E-state index contributed by atoms with van der Waals surface area (Å²) in [5.41, 5.74) is 2.13. The highest BCUT2D eigenvalue weighted by Gasteiger charge is 2.14. The van der Waals surface area contributed by atoms with Crippen LogP contribution < -0.4 is 10.6 Å². The van der Waals surface area contributed by atoms with Crippen molar-refractivity contribution < 1.29 is 0 Å². The van der Waals surface area contributed by atoms with Crippen LogP contribution in [0.2, 0.25) is 0 Å². The van der Waals surface area contributed by atoms with Gasteiger partial charge in [-0.05, 0) is 81.4 Å². The standard InChI is InChI=1S/C21H25N5S/c1-15-7-12-23-20(13-15)26-19-4-2-3-17(25-19)18-14-24-21(27-18)6-5-16-8-10-22-11-9-16/h2-4,7,12-14,16,22H,5-6,8-11H2,1H3,(H,23,25,26). The summed E-state index contributed by atoms with van der Waals surface area (Å²) in [4.78, 5) is 14.8. The van der Waals surface area contributed by atoms with Crippen molar-refractivity contribution in [3.63, 3.8) is 0 Å². The fourth-order valence-electron chi connectivity index (χ4n) is 3.42. The van der Waals surface area contributed by atoms with Gasteiger partial charge >= 0.3 is 0 Å². The molecular formula is C21H25N5S. The van der Waals surface area contributed by atoms with E-state index in [2.05, 4.69) is 27.5 Å². The van der Waals surface area contributed by atoms with Gasteiger partial charge in [0.05, 0.1) is 15.6 Å². The summed E-state index contributed by atoms with van der Waals surface area (Å²) >= 11 is 1.76. The van der Waals surface area contributed by atoms with E-state index in [9.17, 15) is 0 Å². The van der Waals surface area contributed by atoms with Crippen LogP contribution in [0.15, 0.2) is 42.7 Å². The molecule has 1 aliphatic rings. The Morgan fingerprint density at radius 3 is 2.89 bits per heavy atom. The summed E-state index contributed by atoms with van der Waals surface area (Å²) in [6, 6.07) is 10.0. The van der Waals surface area contributed by atoms with E-state index in [0.717, 1.165) is 47.6 Å². The fraction of sp³-hybridized carbons (Fsp3) is 0.381. The first-order valence-electron chi connectivity index (χ1n) is 9.59. The van der Waals surface area contributed by atoms with E-state index in [-0.39, 0.29) is 0 Å². The third-order valence-corrected chi connectivity index (χ3v) is 6.03. The molecule has 0 radical (unpaired) electrons. The van der Waals surface area contributed by atoms with E-state index < -0.39 is 0 Å². The largest absolute Gasteiger partial charge is 0.325 e. The Morgan fingerprint density at radius 2 is 2.04 bits per heavy atom. The number of anilines is 2. The molecule has 0 bridgehead atoms. The Labute approximate surface area is 164 Å². The molecule has 27 heavy (non-hydrogen) atoms. The zero-order valence-corrected chi connectivity index (χ0v) is 16.4. The molecule has 3 aromatic rings. The topological polar surface area (TPSA) is 62.7 Å². The van der Waals surface area contributed by atoms with Crippen LogP contribution in [0.4, 0.5) is 11.6 Å². The second-order valence-electron chi connectivity index (χ2n) is 7.10. The maximum atomic E-state index is 4.74. The van der Waals surface area contributed by atoms with Gasteiger partial charge in [0.1, 0.15) is 11.6 Å². The molecule has 140 valence electrons. The molecule has 1 fully saturated rings. The number of pyridine rings is 2. The lowest BCUT2D eigenvalue weighted by Gasteiger charge is -2.21. The van der Waals surface area contributed by atoms with Crippen molar-refractivity contribution in [3.05, 3.63) is 53.3 Å². The lowest BCUT2D eigenvalue weighted by molar-refractivity contribution is 0.354. The van der Waals surface area contributed by atoms with Gasteiger partial charge in [-0.15, -0.1) is 11.3 Å². The third kappa shape index (κ3) is 4.90. The van der Waals surface area contributed by atoms with E-state index in [0.29, 0.717) is 0 Å². The molecule has 1 saturated heterocycles. The van der Waals surface area contributed by atoms with Crippen molar-refractivity contribution in [3.8, 4) is 10.6 Å². The first kappa shape index (κ1) is 18.1. The maximum absolute atomic E-state index is 4.74. The summed E-state index contributed by atoms with van der Waals surface area (Å²) in [6.45, 7) is 4.37. The molecule has 0 spiro atoms. The van der Waals surface area contributed by atoms with Crippen molar-refractivity contribution in [2.75, 3.05) is 18.4 Å². The molecule has 6 heteroatoms. The van der Waals surface area contributed by atoms with Gasteiger partial charge in [0.25, 0.3) is 0 Å². The smallest absolute Gasteiger partial charge is 0.132 e. The lowest BCUT2D eigenvalue weighted by Crippen LogP contribution is -2.27. The molecule has 3 aromatic heterocycles. The molecule has 5 nitrogen and oxygen atoms in total. The molecule has 0 aromatic carbocycles. The van der Waals surface area contributed by atoms with Crippen LogP contribution in [0.5, 0.6) is 0 Å². The van der Waals surface area contributed by atoms with Gasteiger partial charge in [-0.1, -0.05) is 6.07 Å². The van der Waals surface area contributed by atoms with Crippen LogP contribution in [-0.2, 0) is 6.42 Å². The predicted octanol–water partition coefficient (Wildman–Crippen LogP) is 4.58. The number of hydrogen-bond donors (Lipinski definition) is 2. The van der Waals surface area contributed by atoms with Gasteiger partial charge in [-0.25, -0.2) is 15.0 Å². The number of piperidine rings is 1. The summed E-state index contributed by atoms with van der Waals surface area (Å²) in [6.07, 6.45) is 8.66. The van der Waals surface area contributed by atoms with Crippen LogP contribution in [0, 0.1) is 12.8 Å². The van der Waals surface area contributed by atoms with Gasteiger partial charge in [-0.3, -0.25) is 0 Å². The van der Waals surface area contributed by atoms with Crippen LogP contribution >= 0.6 is 11.3 Å². The highest BCUT2D eigenvalue weighted by molar-refractivity contribution is 7.15. The van der Waals surface area contributed by atoms with E-state index in [1.54, 1.807) is 17.5 Å². The fourth-order valence-corrected chi connectivity index (χ4v) is 4.32. The van der Waals surface area contributed by atoms with E-state index >= 15 is 0 Å². The number of aromatic nitrogens is 3.